The summed E-state index contributed by atoms with van der Waals surface area (Å²) in [5.74, 6) is 1.66. The molecule has 0 amide bonds. The van der Waals surface area contributed by atoms with Gasteiger partial charge in [0.25, 0.3) is 0 Å². The Balaban J connectivity index is 1.44. The van der Waals surface area contributed by atoms with E-state index in [9.17, 15) is 0 Å². The van der Waals surface area contributed by atoms with Crippen LogP contribution in [-0.2, 0) is 0 Å². The lowest BCUT2D eigenvalue weighted by molar-refractivity contribution is 0.414. The minimum atomic E-state index is 0.830. The second kappa shape index (κ2) is 12.4. The number of hydrogen-bond acceptors (Lipinski definition) is 4. The Hall–Kier alpha value is -5.09. The summed E-state index contributed by atoms with van der Waals surface area (Å²) in [5, 5.41) is 6.77. The van der Waals surface area contributed by atoms with Gasteiger partial charge in [0.15, 0.2) is 0 Å². The number of benzene rings is 5. The summed E-state index contributed by atoms with van der Waals surface area (Å²) >= 11 is 0. The summed E-state index contributed by atoms with van der Waals surface area (Å²) in [6, 6.07) is 45.0. The number of ether oxygens (including phenoxy) is 2. The van der Waals surface area contributed by atoms with Crippen LogP contribution in [0.4, 0.5) is 11.4 Å². The lowest BCUT2D eigenvalue weighted by Crippen LogP contribution is -2.09. The van der Waals surface area contributed by atoms with Gasteiger partial charge in [-0.3, -0.25) is 0 Å². The quantitative estimate of drug-likeness (QED) is 0.113. The Bertz CT molecular complexity index is 1440. The third-order valence-electron chi connectivity index (χ3n) is 6.37. The fraction of sp³-hybridized carbons (Fsp3) is 0.0571. The van der Waals surface area contributed by atoms with Gasteiger partial charge in [0.05, 0.1) is 31.8 Å². The van der Waals surface area contributed by atoms with Crippen molar-refractivity contribution < 1.29 is 9.47 Å². The van der Waals surface area contributed by atoms with Crippen LogP contribution in [0.15, 0.2) is 139 Å². The zero-order valence-corrected chi connectivity index (χ0v) is 22.1. The highest BCUT2D eigenvalue weighted by molar-refractivity contribution is 5.92. The van der Waals surface area contributed by atoms with Crippen LogP contribution >= 0.6 is 0 Å². The maximum Gasteiger partial charge on any atom is 0.118 e. The molecule has 5 aromatic carbocycles. The van der Waals surface area contributed by atoms with Gasteiger partial charge < -0.3 is 9.47 Å². The lowest BCUT2D eigenvalue weighted by atomic mass is 9.95. The topological polar surface area (TPSA) is 34.1 Å². The first-order valence-electron chi connectivity index (χ1n) is 12.8. The van der Waals surface area contributed by atoms with Crippen molar-refractivity contribution in [3.8, 4) is 11.5 Å². The fourth-order valence-electron chi connectivity index (χ4n) is 4.26. The number of rotatable bonds is 9. The van der Waals surface area contributed by atoms with Crippen molar-refractivity contribution in [2.75, 3.05) is 19.2 Å². The van der Waals surface area contributed by atoms with E-state index in [1.54, 1.807) is 14.2 Å². The fourth-order valence-corrected chi connectivity index (χ4v) is 4.26. The van der Waals surface area contributed by atoms with Crippen molar-refractivity contribution in [3.63, 3.8) is 0 Å². The highest BCUT2D eigenvalue weighted by Gasteiger charge is 2.08. The molecular formula is C35H30N2O2. The maximum atomic E-state index is 5.36. The highest BCUT2D eigenvalue weighted by Crippen LogP contribution is 2.29. The van der Waals surface area contributed by atoms with E-state index in [1.165, 1.54) is 0 Å². The van der Waals surface area contributed by atoms with Gasteiger partial charge in [-0.1, -0.05) is 84.9 Å². The molecule has 0 atom stereocenters. The molecule has 0 aliphatic rings. The number of nitrogens with zero attached hydrogens (tertiary/aromatic N) is 2. The molecule has 192 valence electrons. The first-order chi connectivity index (χ1) is 19.2. The highest BCUT2D eigenvalue weighted by atomic mass is 16.5. The molecule has 0 fully saturated rings. The molecule has 5 rings (SSSR count). The number of para-hydroxylation sites is 2. The normalized spacial score (nSPS) is 10.7. The summed E-state index contributed by atoms with van der Waals surface area (Å²) in [5.41, 5.74) is 7.43. The zero-order chi connectivity index (χ0) is 26.9. The van der Waals surface area contributed by atoms with Crippen molar-refractivity contribution >= 4 is 29.2 Å². The van der Waals surface area contributed by atoms with Crippen LogP contribution in [0, 0.1) is 0 Å². The molecule has 0 bridgehead atoms. The van der Waals surface area contributed by atoms with Crippen molar-refractivity contribution in [2.45, 2.75) is 0 Å². The molecule has 0 unspecified atom stereocenters. The number of anilines is 2. The number of methoxy groups -OCH3 is 2. The van der Waals surface area contributed by atoms with Gasteiger partial charge in [-0.2, -0.15) is 5.10 Å². The molecule has 0 aliphatic carbocycles. The predicted octanol–water partition coefficient (Wildman–Crippen LogP) is 8.46. The minimum Gasteiger partial charge on any atom is -0.497 e. The molecule has 0 saturated heterocycles. The summed E-state index contributed by atoms with van der Waals surface area (Å²) < 4.78 is 10.7. The third kappa shape index (κ3) is 6.43. The van der Waals surface area contributed by atoms with Gasteiger partial charge >= 0.3 is 0 Å². The molecule has 0 spiro atoms. The number of hydrogen-bond donors (Lipinski definition) is 0. The standard InChI is InChI=1S/C35H30N2O2/c1-38-33-21-17-29(18-22-33)35(30-19-23-34(39-2)24-20-30)25-27-13-15-28(16-14-27)26-36-37(31-9-5-3-6-10-31)32-11-7-4-8-12-32/h3-26H,1-2H3. The van der Waals surface area contributed by atoms with Crippen molar-refractivity contribution in [1.29, 1.82) is 0 Å². The Kier molecular flexibility index (Phi) is 8.15. The van der Waals surface area contributed by atoms with E-state index in [4.69, 9.17) is 14.6 Å². The SMILES string of the molecule is COc1ccc(C(=Cc2ccc(C=NN(c3ccccc3)c3ccccc3)cc2)c2ccc(OC)cc2)cc1. The molecule has 0 heterocycles. The van der Waals surface area contributed by atoms with Crippen LogP contribution in [0.1, 0.15) is 22.3 Å². The van der Waals surface area contributed by atoms with Crippen LogP contribution in [0.25, 0.3) is 11.6 Å². The van der Waals surface area contributed by atoms with Crippen LogP contribution in [0.2, 0.25) is 0 Å². The van der Waals surface area contributed by atoms with Gasteiger partial charge in [0, 0.05) is 0 Å². The average Bonchev–Trinajstić information content (AvgIpc) is 3.02. The Labute approximate surface area is 230 Å². The van der Waals surface area contributed by atoms with E-state index in [1.807, 2.05) is 71.9 Å². The van der Waals surface area contributed by atoms with Crippen molar-refractivity contribution in [3.05, 3.63) is 156 Å². The van der Waals surface area contributed by atoms with Crippen LogP contribution in [0.3, 0.4) is 0 Å². The first-order valence-corrected chi connectivity index (χ1v) is 12.8. The van der Waals surface area contributed by atoms with Crippen LogP contribution < -0.4 is 14.5 Å². The molecule has 0 N–H and O–H groups in total. The summed E-state index contributed by atoms with van der Waals surface area (Å²) in [6.07, 6.45) is 4.09. The second-order valence-electron chi connectivity index (χ2n) is 8.91. The monoisotopic (exact) mass is 510 g/mol. The summed E-state index contributed by atoms with van der Waals surface area (Å²) in [7, 11) is 3.36. The Morgan fingerprint density at radius 2 is 0.974 bits per heavy atom. The molecule has 4 heteroatoms. The molecule has 39 heavy (non-hydrogen) atoms. The lowest BCUT2D eigenvalue weighted by Gasteiger charge is -2.19. The van der Waals surface area contributed by atoms with E-state index in [2.05, 4.69) is 78.9 Å². The van der Waals surface area contributed by atoms with Crippen molar-refractivity contribution in [1.82, 2.24) is 0 Å². The molecule has 0 radical (unpaired) electrons. The first kappa shape index (κ1) is 25.6. The molecule has 0 aromatic heterocycles. The van der Waals surface area contributed by atoms with Crippen LogP contribution in [0.5, 0.6) is 11.5 Å². The van der Waals surface area contributed by atoms with E-state index < -0.39 is 0 Å². The largest absolute Gasteiger partial charge is 0.497 e. The third-order valence-corrected chi connectivity index (χ3v) is 6.37. The van der Waals surface area contributed by atoms with Gasteiger partial charge in [0.1, 0.15) is 11.5 Å². The molecular weight excluding hydrogens is 480 g/mol. The molecule has 5 aromatic rings. The van der Waals surface area contributed by atoms with E-state index >= 15 is 0 Å². The van der Waals surface area contributed by atoms with E-state index in [0.29, 0.717) is 0 Å². The van der Waals surface area contributed by atoms with Crippen molar-refractivity contribution in [2.24, 2.45) is 5.10 Å². The van der Waals surface area contributed by atoms with Gasteiger partial charge in [-0.15, -0.1) is 0 Å². The van der Waals surface area contributed by atoms with Gasteiger partial charge in [0.2, 0.25) is 0 Å². The Morgan fingerprint density at radius 3 is 1.41 bits per heavy atom. The minimum absolute atomic E-state index is 0.830. The Morgan fingerprint density at radius 1 is 0.538 bits per heavy atom. The van der Waals surface area contributed by atoms with Crippen LogP contribution in [-0.4, -0.2) is 20.4 Å². The second-order valence-corrected chi connectivity index (χ2v) is 8.91. The average molecular weight is 511 g/mol. The van der Waals surface area contributed by atoms with Gasteiger partial charge in [-0.05, 0) is 82.4 Å². The molecule has 0 saturated carbocycles. The smallest absolute Gasteiger partial charge is 0.118 e. The zero-order valence-electron chi connectivity index (χ0n) is 22.1. The predicted molar refractivity (Wildman–Crippen MR) is 162 cm³/mol. The maximum absolute atomic E-state index is 5.36. The van der Waals surface area contributed by atoms with E-state index in [0.717, 1.165) is 50.7 Å². The summed E-state index contributed by atoms with van der Waals surface area (Å²) in [6.45, 7) is 0. The number of hydrazone groups is 1. The van der Waals surface area contributed by atoms with E-state index in [-0.39, 0.29) is 0 Å². The molecule has 0 aliphatic heterocycles. The summed E-state index contributed by atoms with van der Waals surface area (Å²) in [4.78, 5) is 0. The molecule has 4 nitrogen and oxygen atoms in total. The van der Waals surface area contributed by atoms with Gasteiger partial charge in [-0.25, -0.2) is 5.01 Å².